The Morgan fingerprint density at radius 1 is 1.10 bits per heavy atom. The molecule has 1 atom stereocenters. The van der Waals surface area contributed by atoms with Crippen LogP contribution in [0.5, 0.6) is 5.75 Å². The predicted octanol–water partition coefficient (Wildman–Crippen LogP) is 4.71. The highest BCUT2D eigenvalue weighted by Gasteiger charge is 2.12. The van der Waals surface area contributed by atoms with E-state index >= 15 is 0 Å². The van der Waals surface area contributed by atoms with Crippen LogP contribution in [-0.2, 0) is 6.42 Å². The Labute approximate surface area is 135 Å². The van der Waals surface area contributed by atoms with E-state index in [1.54, 1.807) is 0 Å². The van der Waals surface area contributed by atoms with Crippen molar-refractivity contribution in [2.45, 2.75) is 33.2 Å². The maximum Gasteiger partial charge on any atom is 0.120 e. The lowest BCUT2D eigenvalue weighted by Crippen LogP contribution is -2.14. The molecule has 2 rings (SSSR count). The third-order valence-electron chi connectivity index (χ3n) is 3.71. The van der Waals surface area contributed by atoms with E-state index in [0.29, 0.717) is 6.61 Å². The minimum Gasteiger partial charge on any atom is -0.494 e. The minimum atomic E-state index is -0.0304. The largest absolute Gasteiger partial charge is 0.494 e. The van der Waals surface area contributed by atoms with Gasteiger partial charge >= 0.3 is 0 Å². The number of nitrogens with two attached hydrogens (primary N) is 1. The van der Waals surface area contributed by atoms with Gasteiger partial charge in [0, 0.05) is 10.5 Å². The average Bonchev–Trinajstić information content (AvgIpc) is 2.43. The van der Waals surface area contributed by atoms with Crippen LogP contribution in [0.2, 0.25) is 0 Å². The quantitative estimate of drug-likeness (QED) is 0.850. The highest BCUT2D eigenvalue weighted by Crippen LogP contribution is 2.28. The summed E-state index contributed by atoms with van der Waals surface area (Å²) in [4.78, 5) is 0. The number of ether oxygens (including phenoxy) is 1. The molecule has 2 N–H and O–H groups in total. The summed E-state index contributed by atoms with van der Waals surface area (Å²) in [5.74, 6) is 0.867. The van der Waals surface area contributed by atoms with Crippen molar-refractivity contribution in [3.05, 3.63) is 63.1 Å². The summed E-state index contributed by atoms with van der Waals surface area (Å²) in [6.45, 7) is 6.91. The summed E-state index contributed by atoms with van der Waals surface area (Å²) in [6.07, 6.45) is 0.827. The van der Waals surface area contributed by atoms with Crippen LogP contribution >= 0.6 is 15.9 Å². The lowest BCUT2D eigenvalue weighted by molar-refractivity contribution is 0.340. The fourth-order valence-corrected chi connectivity index (χ4v) is 3.01. The third kappa shape index (κ3) is 4.08. The van der Waals surface area contributed by atoms with Crippen LogP contribution in [0, 0.1) is 13.8 Å². The standard InChI is InChI=1S/C18H22BrNO/c1-4-21-15-7-8-16(17(19)11-15)18(20)10-14-6-5-12(2)13(3)9-14/h5-9,11,18H,4,10,20H2,1-3H3. The van der Waals surface area contributed by atoms with Gasteiger partial charge in [-0.2, -0.15) is 0 Å². The van der Waals surface area contributed by atoms with Crippen molar-refractivity contribution >= 4 is 15.9 Å². The first-order chi connectivity index (χ1) is 10.0. The molecule has 112 valence electrons. The van der Waals surface area contributed by atoms with Crippen LogP contribution in [0.15, 0.2) is 40.9 Å². The number of rotatable bonds is 5. The Morgan fingerprint density at radius 3 is 2.48 bits per heavy atom. The van der Waals surface area contributed by atoms with Gasteiger partial charge in [-0.1, -0.05) is 40.2 Å². The molecule has 0 radical (unpaired) electrons. The molecule has 0 amide bonds. The first kappa shape index (κ1) is 16.1. The molecule has 0 spiro atoms. The molecule has 0 aliphatic rings. The van der Waals surface area contributed by atoms with E-state index < -0.39 is 0 Å². The molecule has 0 aromatic heterocycles. The molecule has 0 aliphatic carbocycles. The second-order valence-corrected chi connectivity index (χ2v) is 6.20. The summed E-state index contributed by atoms with van der Waals surface area (Å²) in [5.41, 5.74) is 11.4. The Bertz CT molecular complexity index is 625. The van der Waals surface area contributed by atoms with Gasteiger partial charge in [0.15, 0.2) is 0 Å². The number of aryl methyl sites for hydroxylation is 2. The van der Waals surface area contributed by atoms with E-state index in [1.165, 1.54) is 16.7 Å². The monoisotopic (exact) mass is 347 g/mol. The molecule has 0 heterocycles. The molecule has 0 fully saturated rings. The first-order valence-corrected chi connectivity index (χ1v) is 8.04. The smallest absolute Gasteiger partial charge is 0.120 e. The number of benzene rings is 2. The summed E-state index contributed by atoms with van der Waals surface area (Å²) in [7, 11) is 0. The van der Waals surface area contributed by atoms with Gasteiger partial charge in [0.1, 0.15) is 5.75 Å². The van der Waals surface area contributed by atoms with Crippen LogP contribution < -0.4 is 10.5 Å². The SMILES string of the molecule is CCOc1ccc(C(N)Cc2ccc(C)c(C)c2)c(Br)c1. The zero-order valence-electron chi connectivity index (χ0n) is 12.8. The number of hydrogen-bond donors (Lipinski definition) is 1. The Morgan fingerprint density at radius 2 is 1.86 bits per heavy atom. The topological polar surface area (TPSA) is 35.2 Å². The molecule has 0 aliphatic heterocycles. The molecule has 3 heteroatoms. The molecular formula is C18H22BrNO. The predicted molar refractivity (Wildman–Crippen MR) is 91.9 cm³/mol. The van der Waals surface area contributed by atoms with Crippen molar-refractivity contribution in [1.82, 2.24) is 0 Å². The van der Waals surface area contributed by atoms with E-state index in [2.05, 4.69) is 48.0 Å². The molecule has 2 aromatic rings. The van der Waals surface area contributed by atoms with Crippen LogP contribution in [-0.4, -0.2) is 6.61 Å². The van der Waals surface area contributed by atoms with Crippen molar-refractivity contribution in [2.24, 2.45) is 5.73 Å². The summed E-state index contributed by atoms with van der Waals surface area (Å²) < 4.78 is 6.50. The van der Waals surface area contributed by atoms with Gasteiger partial charge in [0.05, 0.1) is 6.61 Å². The van der Waals surface area contributed by atoms with Gasteiger partial charge in [-0.15, -0.1) is 0 Å². The van der Waals surface area contributed by atoms with Crippen molar-refractivity contribution < 1.29 is 4.74 Å². The Hall–Kier alpha value is -1.32. The molecule has 1 unspecified atom stereocenters. The van der Waals surface area contributed by atoms with Crippen LogP contribution in [0.3, 0.4) is 0 Å². The second kappa shape index (κ2) is 7.10. The van der Waals surface area contributed by atoms with Crippen molar-refractivity contribution in [3.63, 3.8) is 0 Å². The van der Waals surface area contributed by atoms with Crippen molar-refractivity contribution in [3.8, 4) is 5.75 Å². The van der Waals surface area contributed by atoms with Crippen LogP contribution in [0.4, 0.5) is 0 Å². The van der Waals surface area contributed by atoms with Gasteiger partial charge < -0.3 is 10.5 Å². The zero-order valence-corrected chi connectivity index (χ0v) is 14.4. The second-order valence-electron chi connectivity index (χ2n) is 5.35. The summed E-state index contributed by atoms with van der Waals surface area (Å²) in [5, 5.41) is 0. The van der Waals surface area contributed by atoms with E-state index in [1.807, 2.05) is 25.1 Å². The number of hydrogen-bond acceptors (Lipinski definition) is 2. The highest BCUT2D eigenvalue weighted by atomic mass is 79.9. The van der Waals surface area contributed by atoms with Gasteiger partial charge in [-0.25, -0.2) is 0 Å². The molecule has 2 aromatic carbocycles. The molecule has 0 bridgehead atoms. The minimum absolute atomic E-state index is 0.0304. The highest BCUT2D eigenvalue weighted by molar-refractivity contribution is 9.10. The molecule has 21 heavy (non-hydrogen) atoms. The van der Waals surface area contributed by atoms with E-state index in [9.17, 15) is 0 Å². The normalized spacial score (nSPS) is 12.2. The summed E-state index contributed by atoms with van der Waals surface area (Å²) in [6, 6.07) is 12.5. The lowest BCUT2D eigenvalue weighted by atomic mass is 9.97. The van der Waals surface area contributed by atoms with E-state index in [0.717, 1.165) is 22.2 Å². The molecule has 0 saturated carbocycles. The average molecular weight is 348 g/mol. The lowest BCUT2D eigenvalue weighted by Gasteiger charge is -2.16. The van der Waals surface area contributed by atoms with Gasteiger partial charge in [0.25, 0.3) is 0 Å². The van der Waals surface area contributed by atoms with Crippen LogP contribution in [0.1, 0.15) is 35.2 Å². The summed E-state index contributed by atoms with van der Waals surface area (Å²) >= 11 is 3.60. The van der Waals surface area contributed by atoms with Crippen molar-refractivity contribution in [2.75, 3.05) is 6.61 Å². The van der Waals surface area contributed by atoms with Crippen LogP contribution in [0.25, 0.3) is 0 Å². The van der Waals surface area contributed by atoms with Gasteiger partial charge in [-0.3, -0.25) is 0 Å². The van der Waals surface area contributed by atoms with Gasteiger partial charge in [-0.05, 0) is 61.6 Å². The molecule has 0 saturated heterocycles. The zero-order chi connectivity index (χ0) is 15.4. The van der Waals surface area contributed by atoms with E-state index in [-0.39, 0.29) is 6.04 Å². The first-order valence-electron chi connectivity index (χ1n) is 7.25. The number of halogens is 1. The Balaban J connectivity index is 2.16. The maximum atomic E-state index is 6.37. The maximum absolute atomic E-state index is 6.37. The molecule has 2 nitrogen and oxygen atoms in total. The fraction of sp³-hybridized carbons (Fsp3) is 0.333. The third-order valence-corrected chi connectivity index (χ3v) is 4.40. The Kier molecular flexibility index (Phi) is 5.43. The van der Waals surface area contributed by atoms with Crippen molar-refractivity contribution in [1.29, 1.82) is 0 Å². The fourth-order valence-electron chi connectivity index (χ4n) is 2.36. The van der Waals surface area contributed by atoms with Gasteiger partial charge in [0.2, 0.25) is 0 Å². The molecular weight excluding hydrogens is 326 g/mol. The van der Waals surface area contributed by atoms with E-state index in [4.69, 9.17) is 10.5 Å².